The lowest BCUT2D eigenvalue weighted by Crippen LogP contribution is -2.45. The molecular formula is C16H18N2O3. The Kier molecular flexibility index (Phi) is 3.75. The van der Waals surface area contributed by atoms with Gasteiger partial charge in [0.25, 0.3) is 0 Å². The smallest absolute Gasteiger partial charge is 0.152 e. The Morgan fingerprint density at radius 2 is 2.10 bits per heavy atom. The first kappa shape index (κ1) is 13.8. The van der Waals surface area contributed by atoms with Crippen LogP contribution in [0.3, 0.4) is 0 Å². The van der Waals surface area contributed by atoms with Gasteiger partial charge in [-0.2, -0.15) is 0 Å². The van der Waals surface area contributed by atoms with E-state index in [-0.39, 0.29) is 12.2 Å². The Bertz CT molecular complexity index is 614. The van der Waals surface area contributed by atoms with Crippen molar-refractivity contribution in [2.45, 2.75) is 26.1 Å². The van der Waals surface area contributed by atoms with Gasteiger partial charge in [-0.25, -0.2) is 0 Å². The number of hydrogen-bond donors (Lipinski definition) is 0. The third-order valence-corrected chi connectivity index (χ3v) is 3.57. The minimum Gasteiger partial charge on any atom is -0.463 e. The number of ether oxygens (including phenoxy) is 1. The summed E-state index contributed by atoms with van der Waals surface area (Å²) in [4.78, 5) is 18.0. The fourth-order valence-corrected chi connectivity index (χ4v) is 2.76. The molecule has 21 heavy (non-hydrogen) atoms. The zero-order valence-electron chi connectivity index (χ0n) is 12.2. The number of nitrogens with zero attached hydrogens (tertiary/aromatic N) is 2. The fourth-order valence-electron chi connectivity index (χ4n) is 2.76. The summed E-state index contributed by atoms with van der Waals surface area (Å²) in [7, 11) is 0. The summed E-state index contributed by atoms with van der Waals surface area (Å²) < 4.78 is 11.1. The predicted molar refractivity (Wildman–Crippen MR) is 79.5 cm³/mol. The zero-order chi connectivity index (χ0) is 14.8. The molecule has 0 aliphatic carbocycles. The Morgan fingerprint density at radius 3 is 2.71 bits per heavy atom. The van der Waals surface area contributed by atoms with E-state index in [2.05, 4.69) is 9.88 Å². The second-order valence-corrected chi connectivity index (χ2v) is 5.39. The summed E-state index contributed by atoms with van der Waals surface area (Å²) in [5.74, 6) is 0.661. The van der Waals surface area contributed by atoms with Crippen molar-refractivity contribution in [1.29, 1.82) is 0 Å². The molecule has 0 bridgehead atoms. The van der Waals surface area contributed by atoms with Crippen LogP contribution in [0.4, 0.5) is 5.69 Å². The van der Waals surface area contributed by atoms with Gasteiger partial charge in [0.2, 0.25) is 0 Å². The van der Waals surface area contributed by atoms with Gasteiger partial charge in [0, 0.05) is 18.7 Å². The van der Waals surface area contributed by atoms with Crippen LogP contribution in [0.5, 0.6) is 0 Å². The second kappa shape index (κ2) is 5.69. The molecule has 5 heteroatoms. The zero-order valence-corrected chi connectivity index (χ0v) is 12.2. The molecule has 1 fully saturated rings. The van der Waals surface area contributed by atoms with E-state index in [0.29, 0.717) is 17.0 Å². The van der Waals surface area contributed by atoms with Crippen LogP contribution in [0.2, 0.25) is 0 Å². The molecule has 2 aromatic rings. The molecule has 2 aromatic heterocycles. The molecule has 2 atom stereocenters. The highest BCUT2D eigenvalue weighted by molar-refractivity contribution is 5.86. The monoisotopic (exact) mass is 286 g/mol. The standard InChI is InChI=1S/C16H18N2O3/c1-11-8-18(9-12(2)21-11)15-7-17-14(6-13(15)10-19)16-4-3-5-20-16/h3-7,10-12H,8-9H2,1-2H3. The topological polar surface area (TPSA) is 55.6 Å². The number of pyridine rings is 1. The molecule has 3 rings (SSSR count). The van der Waals surface area contributed by atoms with Crippen LogP contribution >= 0.6 is 0 Å². The molecule has 0 amide bonds. The number of anilines is 1. The first-order valence-corrected chi connectivity index (χ1v) is 7.07. The second-order valence-electron chi connectivity index (χ2n) is 5.39. The number of carbonyl (C=O) groups is 1. The molecule has 1 aliphatic rings. The molecule has 3 heterocycles. The minimum absolute atomic E-state index is 0.137. The lowest BCUT2D eigenvalue weighted by molar-refractivity contribution is -0.00527. The van der Waals surface area contributed by atoms with Crippen molar-refractivity contribution in [3.63, 3.8) is 0 Å². The maximum atomic E-state index is 11.4. The van der Waals surface area contributed by atoms with Gasteiger partial charge in [-0.15, -0.1) is 0 Å². The average molecular weight is 286 g/mol. The normalized spacial score (nSPS) is 22.3. The number of rotatable bonds is 3. The molecule has 0 spiro atoms. The van der Waals surface area contributed by atoms with Crippen LogP contribution in [0.25, 0.3) is 11.5 Å². The molecule has 5 nitrogen and oxygen atoms in total. The van der Waals surface area contributed by atoms with Crippen molar-refractivity contribution in [3.05, 3.63) is 36.2 Å². The lowest BCUT2D eigenvalue weighted by Gasteiger charge is -2.37. The summed E-state index contributed by atoms with van der Waals surface area (Å²) in [5, 5.41) is 0. The number of aromatic nitrogens is 1. The van der Waals surface area contributed by atoms with Gasteiger partial charge < -0.3 is 14.1 Å². The first-order valence-electron chi connectivity index (χ1n) is 7.07. The van der Waals surface area contributed by atoms with Crippen molar-refractivity contribution >= 4 is 12.0 Å². The van der Waals surface area contributed by atoms with Crippen molar-refractivity contribution in [1.82, 2.24) is 4.98 Å². The van der Waals surface area contributed by atoms with Gasteiger partial charge in [0.1, 0.15) is 5.69 Å². The maximum absolute atomic E-state index is 11.4. The quantitative estimate of drug-likeness (QED) is 0.812. The molecule has 0 radical (unpaired) electrons. The van der Waals surface area contributed by atoms with Gasteiger partial charge in [-0.05, 0) is 32.0 Å². The van der Waals surface area contributed by atoms with Gasteiger partial charge in [0.15, 0.2) is 12.0 Å². The Balaban J connectivity index is 1.94. The van der Waals surface area contributed by atoms with Crippen LogP contribution < -0.4 is 4.90 Å². The number of furan rings is 1. The Morgan fingerprint density at radius 1 is 1.33 bits per heavy atom. The van der Waals surface area contributed by atoms with E-state index in [9.17, 15) is 4.79 Å². The molecule has 0 aromatic carbocycles. The summed E-state index contributed by atoms with van der Waals surface area (Å²) in [6.45, 7) is 5.59. The van der Waals surface area contributed by atoms with E-state index >= 15 is 0 Å². The van der Waals surface area contributed by atoms with Crippen LogP contribution in [0, 0.1) is 0 Å². The average Bonchev–Trinajstić information content (AvgIpc) is 2.99. The Labute approximate surface area is 123 Å². The number of hydrogen-bond acceptors (Lipinski definition) is 5. The first-order chi connectivity index (χ1) is 10.2. The summed E-state index contributed by atoms with van der Waals surface area (Å²) >= 11 is 0. The van der Waals surface area contributed by atoms with Crippen molar-refractivity contribution < 1.29 is 13.9 Å². The molecular weight excluding hydrogens is 268 g/mol. The van der Waals surface area contributed by atoms with Crippen molar-refractivity contribution in [2.75, 3.05) is 18.0 Å². The molecule has 110 valence electrons. The molecule has 0 saturated carbocycles. The molecule has 1 saturated heterocycles. The molecule has 1 aliphatic heterocycles. The third kappa shape index (κ3) is 2.83. The summed E-state index contributed by atoms with van der Waals surface area (Å²) in [5.41, 5.74) is 2.14. The van der Waals surface area contributed by atoms with Gasteiger partial charge in [-0.3, -0.25) is 9.78 Å². The third-order valence-electron chi connectivity index (χ3n) is 3.57. The van der Waals surface area contributed by atoms with Crippen LogP contribution in [0.1, 0.15) is 24.2 Å². The maximum Gasteiger partial charge on any atom is 0.152 e. The van der Waals surface area contributed by atoms with Crippen molar-refractivity contribution in [3.8, 4) is 11.5 Å². The highest BCUT2D eigenvalue weighted by Gasteiger charge is 2.24. The van der Waals surface area contributed by atoms with E-state index in [1.807, 2.05) is 19.9 Å². The van der Waals surface area contributed by atoms with E-state index < -0.39 is 0 Å². The predicted octanol–water partition coefficient (Wildman–Crippen LogP) is 2.77. The highest BCUT2D eigenvalue weighted by atomic mass is 16.5. The largest absolute Gasteiger partial charge is 0.463 e. The lowest BCUT2D eigenvalue weighted by atomic mass is 10.1. The molecule has 0 N–H and O–H groups in total. The SMILES string of the molecule is CC1CN(c2cnc(-c3ccco3)cc2C=O)CC(C)O1. The number of aldehydes is 1. The van der Waals surface area contributed by atoms with Crippen molar-refractivity contribution in [2.24, 2.45) is 0 Å². The minimum atomic E-state index is 0.137. The number of morpholine rings is 1. The van der Waals surface area contributed by atoms with Gasteiger partial charge in [-0.1, -0.05) is 0 Å². The van der Waals surface area contributed by atoms with Gasteiger partial charge in [0.05, 0.1) is 30.4 Å². The van der Waals surface area contributed by atoms with Gasteiger partial charge >= 0.3 is 0 Å². The van der Waals surface area contributed by atoms with Crippen LogP contribution in [-0.4, -0.2) is 36.6 Å². The van der Waals surface area contributed by atoms with E-state index in [0.717, 1.165) is 25.1 Å². The highest BCUT2D eigenvalue weighted by Crippen LogP contribution is 2.26. The fraction of sp³-hybridized carbons (Fsp3) is 0.375. The van der Waals surface area contributed by atoms with E-state index in [1.54, 1.807) is 24.6 Å². The van der Waals surface area contributed by atoms with Crippen LogP contribution in [0.15, 0.2) is 35.1 Å². The summed E-state index contributed by atoms with van der Waals surface area (Å²) in [6, 6.07) is 5.40. The number of carbonyl (C=O) groups excluding carboxylic acids is 1. The molecule has 2 unspecified atom stereocenters. The summed E-state index contributed by atoms with van der Waals surface area (Å²) in [6.07, 6.45) is 4.48. The van der Waals surface area contributed by atoms with Crippen LogP contribution in [-0.2, 0) is 4.74 Å². The Hall–Kier alpha value is -2.14. The van der Waals surface area contributed by atoms with E-state index in [4.69, 9.17) is 9.15 Å². The van der Waals surface area contributed by atoms with E-state index in [1.165, 1.54) is 0 Å².